The van der Waals surface area contributed by atoms with Crippen molar-refractivity contribution in [1.82, 2.24) is 14.8 Å². The normalized spacial score (nSPS) is 11.0. The lowest BCUT2D eigenvalue weighted by Crippen LogP contribution is -2.09. The molecule has 0 unspecified atom stereocenters. The number of halogens is 1. The van der Waals surface area contributed by atoms with Gasteiger partial charge in [-0.05, 0) is 55.0 Å². The van der Waals surface area contributed by atoms with Gasteiger partial charge in [-0.2, -0.15) is 5.10 Å². The van der Waals surface area contributed by atoms with Gasteiger partial charge in [-0.3, -0.25) is 9.78 Å². The summed E-state index contributed by atoms with van der Waals surface area (Å²) in [7, 11) is 0. The van der Waals surface area contributed by atoms with Gasteiger partial charge >= 0.3 is 0 Å². The topological polar surface area (TPSA) is 59.8 Å². The van der Waals surface area contributed by atoms with Gasteiger partial charge in [0, 0.05) is 35.8 Å². The number of amides is 1. The van der Waals surface area contributed by atoms with E-state index < -0.39 is 11.7 Å². The highest BCUT2D eigenvalue weighted by molar-refractivity contribution is 6.02. The Kier molecular flexibility index (Phi) is 5.48. The van der Waals surface area contributed by atoms with E-state index in [-0.39, 0.29) is 5.69 Å². The lowest BCUT2D eigenvalue weighted by molar-refractivity contribution is -0.111. The monoisotopic (exact) mass is 398 g/mol. The second-order valence-electron chi connectivity index (χ2n) is 6.76. The lowest BCUT2D eigenvalue weighted by atomic mass is 10.1. The number of carbonyl (C=O) groups excluding carboxylic acids is 1. The fraction of sp³-hybridized carbons (Fsp3) is 0.0417. The van der Waals surface area contributed by atoms with Gasteiger partial charge < -0.3 is 5.32 Å². The van der Waals surface area contributed by atoms with E-state index in [9.17, 15) is 9.18 Å². The molecule has 0 fully saturated rings. The average molecular weight is 398 g/mol. The van der Waals surface area contributed by atoms with E-state index in [1.807, 2.05) is 55.6 Å². The van der Waals surface area contributed by atoms with Crippen LogP contribution in [0.3, 0.4) is 0 Å². The highest BCUT2D eigenvalue weighted by atomic mass is 19.1. The number of nitrogens with zero attached hydrogens (tertiary/aromatic N) is 3. The van der Waals surface area contributed by atoms with Gasteiger partial charge in [0.05, 0.1) is 11.4 Å². The zero-order valence-corrected chi connectivity index (χ0v) is 16.3. The van der Waals surface area contributed by atoms with Crippen LogP contribution in [0.2, 0.25) is 0 Å². The van der Waals surface area contributed by atoms with Gasteiger partial charge in [0.2, 0.25) is 5.91 Å². The third kappa shape index (κ3) is 4.33. The van der Waals surface area contributed by atoms with Crippen LogP contribution in [0.15, 0.2) is 85.3 Å². The SMILES string of the molecule is Cc1ccc(F)c(NC(=O)/C=C/c2cn(-c3ccccc3)nc2-c2cccnc2)c1. The maximum atomic E-state index is 13.9. The Labute approximate surface area is 173 Å². The number of hydrogen-bond donors (Lipinski definition) is 1. The lowest BCUT2D eigenvalue weighted by Gasteiger charge is -2.04. The molecule has 6 heteroatoms. The third-order valence-electron chi connectivity index (χ3n) is 4.49. The number of anilines is 1. The summed E-state index contributed by atoms with van der Waals surface area (Å²) in [4.78, 5) is 16.5. The van der Waals surface area contributed by atoms with Gasteiger partial charge in [0.25, 0.3) is 0 Å². The van der Waals surface area contributed by atoms with Crippen LogP contribution in [0, 0.1) is 12.7 Å². The van der Waals surface area contributed by atoms with Crippen molar-refractivity contribution in [1.29, 1.82) is 0 Å². The standard InChI is InChI=1S/C24H19FN4O/c1-17-9-11-21(25)22(14-17)27-23(30)12-10-19-16-29(20-7-3-2-4-8-20)28-24(19)18-6-5-13-26-15-18/h2-16H,1H3,(H,27,30)/b12-10+. The molecular formula is C24H19FN4O. The van der Waals surface area contributed by atoms with E-state index in [0.717, 1.165) is 22.4 Å². The zero-order valence-electron chi connectivity index (χ0n) is 16.3. The number of aromatic nitrogens is 3. The minimum Gasteiger partial charge on any atom is -0.320 e. The molecule has 2 aromatic heterocycles. The Morgan fingerprint density at radius 1 is 1.10 bits per heavy atom. The van der Waals surface area contributed by atoms with Crippen LogP contribution in [0.1, 0.15) is 11.1 Å². The van der Waals surface area contributed by atoms with Crippen LogP contribution in [-0.4, -0.2) is 20.7 Å². The number of benzene rings is 2. The van der Waals surface area contributed by atoms with Crippen LogP contribution in [0.25, 0.3) is 23.0 Å². The predicted molar refractivity (Wildman–Crippen MR) is 116 cm³/mol. The molecule has 2 aromatic carbocycles. The Morgan fingerprint density at radius 3 is 2.70 bits per heavy atom. The molecule has 148 valence electrons. The number of hydrogen-bond acceptors (Lipinski definition) is 3. The van der Waals surface area contributed by atoms with Gasteiger partial charge in [0.15, 0.2) is 0 Å². The van der Waals surface area contributed by atoms with E-state index in [2.05, 4.69) is 15.4 Å². The summed E-state index contributed by atoms with van der Waals surface area (Å²) in [6, 6.07) is 18.0. The fourth-order valence-corrected chi connectivity index (χ4v) is 3.02. The molecule has 0 spiro atoms. The van der Waals surface area contributed by atoms with Crippen molar-refractivity contribution in [2.75, 3.05) is 5.32 Å². The van der Waals surface area contributed by atoms with E-state index in [4.69, 9.17) is 0 Å². The molecule has 4 rings (SSSR count). The summed E-state index contributed by atoms with van der Waals surface area (Å²) in [5.74, 6) is -0.903. The summed E-state index contributed by atoms with van der Waals surface area (Å²) in [6.45, 7) is 1.84. The van der Waals surface area contributed by atoms with Crippen LogP contribution in [0.4, 0.5) is 10.1 Å². The fourth-order valence-electron chi connectivity index (χ4n) is 3.02. The van der Waals surface area contributed by atoms with E-state index in [1.165, 1.54) is 12.1 Å². The van der Waals surface area contributed by atoms with Gasteiger partial charge in [-0.1, -0.05) is 24.3 Å². The first-order chi connectivity index (χ1) is 14.6. The van der Waals surface area contributed by atoms with Gasteiger partial charge in [-0.15, -0.1) is 0 Å². The Balaban J connectivity index is 1.64. The molecule has 0 saturated carbocycles. The Morgan fingerprint density at radius 2 is 1.93 bits per heavy atom. The van der Waals surface area contributed by atoms with E-state index in [0.29, 0.717) is 5.69 Å². The number of rotatable bonds is 5. The molecule has 0 aliphatic carbocycles. The van der Waals surface area contributed by atoms with Crippen molar-refractivity contribution < 1.29 is 9.18 Å². The molecule has 1 N–H and O–H groups in total. The molecule has 0 aliphatic heterocycles. The highest BCUT2D eigenvalue weighted by Gasteiger charge is 2.11. The molecule has 5 nitrogen and oxygen atoms in total. The Hall–Kier alpha value is -4.06. The molecule has 0 aliphatic rings. The molecule has 1 amide bonds. The average Bonchev–Trinajstić information content (AvgIpc) is 3.20. The number of pyridine rings is 1. The quantitative estimate of drug-likeness (QED) is 0.480. The first kappa shape index (κ1) is 19.3. The number of nitrogens with one attached hydrogen (secondary N) is 1. The Bertz CT molecular complexity index is 1200. The summed E-state index contributed by atoms with van der Waals surface area (Å²) >= 11 is 0. The maximum absolute atomic E-state index is 13.9. The molecule has 0 bridgehead atoms. The molecule has 0 radical (unpaired) electrons. The van der Waals surface area contributed by atoms with Gasteiger partial charge in [-0.25, -0.2) is 9.07 Å². The van der Waals surface area contributed by atoms with E-state index >= 15 is 0 Å². The molecule has 30 heavy (non-hydrogen) atoms. The molecule has 0 saturated heterocycles. The first-order valence-electron chi connectivity index (χ1n) is 9.41. The zero-order chi connectivity index (χ0) is 20.9. The molecule has 4 aromatic rings. The van der Waals surface area contributed by atoms with Crippen LogP contribution >= 0.6 is 0 Å². The number of aryl methyl sites for hydroxylation is 1. The molecule has 0 atom stereocenters. The van der Waals surface area contributed by atoms with Crippen molar-refractivity contribution >= 4 is 17.7 Å². The van der Waals surface area contributed by atoms with Crippen LogP contribution in [-0.2, 0) is 4.79 Å². The summed E-state index contributed by atoms with van der Waals surface area (Å²) in [5, 5.41) is 7.25. The van der Waals surface area contributed by atoms with Crippen molar-refractivity contribution in [3.63, 3.8) is 0 Å². The number of carbonyl (C=O) groups is 1. The third-order valence-corrected chi connectivity index (χ3v) is 4.49. The predicted octanol–water partition coefficient (Wildman–Crippen LogP) is 5.03. The summed E-state index contributed by atoms with van der Waals surface area (Å²) < 4.78 is 15.7. The van der Waals surface area contributed by atoms with E-state index in [1.54, 1.807) is 35.3 Å². The van der Waals surface area contributed by atoms with Crippen molar-refractivity contribution in [2.45, 2.75) is 6.92 Å². The van der Waals surface area contributed by atoms with Crippen LogP contribution < -0.4 is 5.32 Å². The summed E-state index contributed by atoms with van der Waals surface area (Å²) in [6.07, 6.45) is 8.29. The molecular weight excluding hydrogens is 379 g/mol. The minimum absolute atomic E-state index is 0.150. The second kappa shape index (κ2) is 8.53. The van der Waals surface area contributed by atoms with Gasteiger partial charge in [0.1, 0.15) is 11.5 Å². The second-order valence-corrected chi connectivity index (χ2v) is 6.76. The first-order valence-corrected chi connectivity index (χ1v) is 9.41. The van der Waals surface area contributed by atoms with Crippen molar-refractivity contribution in [3.8, 4) is 16.9 Å². The smallest absolute Gasteiger partial charge is 0.248 e. The van der Waals surface area contributed by atoms with Crippen LogP contribution in [0.5, 0.6) is 0 Å². The highest BCUT2D eigenvalue weighted by Crippen LogP contribution is 2.24. The van der Waals surface area contributed by atoms with Crippen molar-refractivity contribution in [3.05, 3.63) is 102 Å². The largest absolute Gasteiger partial charge is 0.320 e. The minimum atomic E-state index is -0.477. The van der Waals surface area contributed by atoms with Crippen molar-refractivity contribution in [2.24, 2.45) is 0 Å². The summed E-state index contributed by atoms with van der Waals surface area (Å²) in [5.41, 5.74) is 4.17. The maximum Gasteiger partial charge on any atom is 0.248 e. The number of para-hydroxylation sites is 1. The molecule has 2 heterocycles.